The monoisotopic (exact) mass is 369 g/mol. The zero-order valence-electron chi connectivity index (χ0n) is 16.1. The second-order valence-corrected chi connectivity index (χ2v) is 6.67. The van der Waals surface area contributed by atoms with Crippen LogP contribution >= 0.6 is 0 Å². The summed E-state index contributed by atoms with van der Waals surface area (Å²) < 4.78 is 11.6. The summed E-state index contributed by atoms with van der Waals surface area (Å²) >= 11 is 0. The molecule has 0 aromatic heterocycles. The van der Waals surface area contributed by atoms with Crippen LogP contribution in [0.1, 0.15) is 18.1 Å². The average molecular weight is 369 g/mol. The number of ether oxygens (including phenoxy) is 2. The Morgan fingerprint density at radius 1 is 0.889 bits per heavy atom. The number of benzene rings is 2. The third kappa shape index (κ3) is 6.62. The fourth-order valence-electron chi connectivity index (χ4n) is 2.77. The minimum absolute atomic E-state index is 0.116. The molecule has 0 saturated carbocycles. The van der Waals surface area contributed by atoms with Gasteiger partial charge in [-0.15, -0.1) is 0 Å². The highest BCUT2D eigenvalue weighted by atomic mass is 16.5. The third-order valence-electron chi connectivity index (χ3n) is 4.21. The van der Waals surface area contributed by atoms with Crippen molar-refractivity contribution in [2.45, 2.75) is 26.2 Å². The summed E-state index contributed by atoms with van der Waals surface area (Å²) in [6.45, 7) is 2.20. The molecule has 144 valence electrons. The first-order chi connectivity index (χ1) is 13.0. The van der Waals surface area contributed by atoms with E-state index in [-0.39, 0.29) is 24.9 Å². The van der Waals surface area contributed by atoms with Crippen LogP contribution in [0.2, 0.25) is 0 Å². The number of amides is 1. The maximum Gasteiger partial charge on any atom is 0.230 e. The van der Waals surface area contributed by atoms with Gasteiger partial charge in [0.15, 0.2) is 5.78 Å². The molecule has 27 heavy (non-hydrogen) atoms. The van der Waals surface area contributed by atoms with Crippen molar-refractivity contribution in [3.05, 3.63) is 71.8 Å². The molecule has 5 heteroatoms. The maximum absolute atomic E-state index is 12.7. The van der Waals surface area contributed by atoms with Crippen molar-refractivity contribution >= 4 is 11.7 Å². The maximum atomic E-state index is 12.7. The van der Waals surface area contributed by atoms with Gasteiger partial charge in [0.05, 0.1) is 25.7 Å². The van der Waals surface area contributed by atoms with Gasteiger partial charge >= 0.3 is 0 Å². The van der Waals surface area contributed by atoms with Gasteiger partial charge in [0.1, 0.15) is 6.10 Å². The number of rotatable bonds is 10. The van der Waals surface area contributed by atoms with E-state index in [4.69, 9.17) is 9.47 Å². The van der Waals surface area contributed by atoms with Gasteiger partial charge in [0.2, 0.25) is 5.91 Å². The van der Waals surface area contributed by atoms with Crippen molar-refractivity contribution in [2.24, 2.45) is 5.92 Å². The fraction of sp³-hybridized carbons (Fsp3) is 0.364. The van der Waals surface area contributed by atoms with E-state index < -0.39 is 12.0 Å². The van der Waals surface area contributed by atoms with E-state index in [2.05, 4.69) is 0 Å². The van der Waals surface area contributed by atoms with Crippen molar-refractivity contribution < 1.29 is 19.1 Å². The Morgan fingerprint density at radius 3 is 1.89 bits per heavy atom. The molecule has 0 heterocycles. The number of carbonyl (C=O) groups is 2. The molecule has 0 aliphatic carbocycles. The predicted molar refractivity (Wildman–Crippen MR) is 104 cm³/mol. The molecule has 0 fully saturated rings. The van der Waals surface area contributed by atoms with E-state index in [9.17, 15) is 9.59 Å². The summed E-state index contributed by atoms with van der Waals surface area (Å²) in [5.74, 6) is -1.06. The average Bonchev–Trinajstić information content (AvgIpc) is 2.67. The van der Waals surface area contributed by atoms with Crippen LogP contribution in [-0.2, 0) is 32.3 Å². The first-order valence-corrected chi connectivity index (χ1v) is 8.98. The lowest BCUT2D eigenvalue weighted by Gasteiger charge is -2.27. The summed E-state index contributed by atoms with van der Waals surface area (Å²) in [7, 11) is 3.34. The Hall–Kier alpha value is -2.50. The molecule has 2 aromatic rings. The van der Waals surface area contributed by atoms with E-state index >= 15 is 0 Å². The van der Waals surface area contributed by atoms with Crippen LogP contribution in [0.25, 0.3) is 0 Å². The van der Waals surface area contributed by atoms with E-state index in [1.54, 1.807) is 14.1 Å². The van der Waals surface area contributed by atoms with Gasteiger partial charge in [-0.2, -0.15) is 0 Å². The topological polar surface area (TPSA) is 55.8 Å². The Morgan fingerprint density at radius 2 is 1.41 bits per heavy atom. The number of Topliss-reactive ketones (excluding diaryl/α,β-unsaturated/α-hetero) is 1. The van der Waals surface area contributed by atoms with Gasteiger partial charge in [-0.25, -0.2) is 0 Å². The van der Waals surface area contributed by atoms with Crippen molar-refractivity contribution in [3.63, 3.8) is 0 Å². The Kier molecular flexibility index (Phi) is 8.17. The molecule has 0 N–H and O–H groups in total. The molecule has 0 unspecified atom stereocenters. The Bertz CT molecular complexity index is 716. The second-order valence-electron chi connectivity index (χ2n) is 6.67. The molecule has 1 amide bonds. The Labute approximate surface area is 160 Å². The molecule has 0 aliphatic rings. The SMILES string of the molecule is CC(=O)[C@@H](OCc1ccccc1)[C@H](COCc1ccccc1)C(=O)N(C)C. The minimum atomic E-state index is -0.851. The first kappa shape index (κ1) is 20.8. The molecular formula is C22H27NO4. The van der Waals surface area contributed by atoms with Gasteiger partial charge in [0, 0.05) is 14.1 Å². The van der Waals surface area contributed by atoms with Gasteiger partial charge in [-0.1, -0.05) is 60.7 Å². The fourth-order valence-corrected chi connectivity index (χ4v) is 2.77. The van der Waals surface area contributed by atoms with Crippen LogP contribution in [0.3, 0.4) is 0 Å². The van der Waals surface area contributed by atoms with Gasteiger partial charge in [0.25, 0.3) is 0 Å². The smallest absolute Gasteiger partial charge is 0.230 e. The number of ketones is 1. The highest BCUT2D eigenvalue weighted by molar-refractivity contribution is 5.89. The molecular weight excluding hydrogens is 342 g/mol. The number of carbonyl (C=O) groups excluding carboxylic acids is 2. The number of hydrogen-bond acceptors (Lipinski definition) is 4. The lowest BCUT2D eigenvalue weighted by molar-refractivity contribution is -0.151. The van der Waals surface area contributed by atoms with Crippen molar-refractivity contribution in [2.75, 3.05) is 20.7 Å². The van der Waals surface area contributed by atoms with Crippen molar-refractivity contribution in [1.82, 2.24) is 4.90 Å². The molecule has 2 atom stereocenters. The van der Waals surface area contributed by atoms with Gasteiger partial charge < -0.3 is 14.4 Å². The van der Waals surface area contributed by atoms with Crippen molar-refractivity contribution in [3.8, 4) is 0 Å². The molecule has 0 bridgehead atoms. The van der Waals surface area contributed by atoms with Gasteiger partial charge in [-0.3, -0.25) is 9.59 Å². The predicted octanol–water partition coefficient (Wildman–Crippen LogP) is 3.08. The lowest BCUT2D eigenvalue weighted by Crippen LogP contribution is -2.44. The van der Waals surface area contributed by atoms with Crippen LogP contribution < -0.4 is 0 Å². The van der Waals surface area contributed by atoms with Crippen LogP contribution in [0.5, 0.6) is 0 Å². The molecule has 2 rings (SSSR count). The molecule has 0 aliphatic heterocycles. The van der Waals surface area contributed by atoms with Crippen LogP contribution in [-0.4, -0.2) is 43.4 Å². The van der Waals surface area contributed by atoms with E-state index in [1.807, 2.05) is 60.7 Å². The van der Waals surface area contributed by atoms with E-state index in [0.29, 0.717) is 6.61 Å². The standard InChI is InChI=1S/C22H27NO4/c1-17(24)21(27-15-19-12-8-5-9-13-19)20(22(25)23(2)3)16-26-14-18-10-6-4-7-11-18/h4-13,20-21H,14-16H2,1-3H3/t20-,21+/m0/s1. The largest absolute Gasteiger partial charge is 0.376 e. The highest BCUT2D eigenvalue weighted by Crippen LogP contribution is 2.17. The normalized spacial score (nSPS) is 13.0. The summed E-state index contributed by atoms with van der Waals surface area (Å²) in [6, 6.07) is 19.3. The molecule has 5 nitrogen and oxygen atoms in total. The minimum Gasteiger partial charge on any atom is -0.376 e. The second kappa shape index (κ2) is 10.6. The molecule has 2 aromatic carbocycles. The molecule has 0 spiro atoms. The van der Waals surface area contributed by atoms with Crippen LogP contribution in [0.4, 0.5) is 0 Å². The molecule has 0 saturated heterocycles. The Balaban J connectivity index is 2.05. The van der Waals surface area contributed by atoms with E-state index in [1.165, 1.54) is 11.8 Å². The zero-order chi connectivity index (χ0) is 19.6. The number of nitrogens with zero attached hydrogens (tertiary/aromatic N) is 1. The summed E-state index contributed by atoms with van der Waals surface area (Å²) in [6.07, 6.45) is -0.851. The molecule has 0 radical (unpaired) electrons. The summed E-state index contributed by atoms with van der Waals surface area (Å²) in [4.78, 5) is 26.3. The van der Waals surface area contributed by atoms with E-state index in [0.717, 1.165) is 11.1 Å². The summed E-state index contributed by atoms with van der Waals surface area (Å²) in [5, 5.41) is 0. The third-order valence-corrected chi connectivity index (χ3v) is 4.21. The van der Waals surface area contributed by atoms with Gasteiger partial charge in [-0.05, 0) is 18.1 Å². The highest BCUT2D eigenvalue weighted by Gasteiger charge is 2.34. The zero-order valence-corrected chi connectivity index (χ0v) is 16.1. The quantitative estimate of drug-likeness (QED) is 0.646. The lowest BCUT2D eigenvalue weighted by atomic mass is 9.98. The van der Waals surface area contributed by atoms with Crippen molar-refractivity contribution in [1.29, 1.82) is 0 Å². The number of hydrogen-bond donors (Lipinski definition) is 0. The van der Waals surface area contributed by atoms with Crippen LogP contribution in [0, 0.1) is 5.92 Å². The first-order valence-electron chi connectivity index (χ1n) is 8.98. The summed E-state index contributed by atoms with van der Waals surface area (Å²) in [5.41, 5.74) is 1.96. The van der Waals surface area contributed by atoms with Crippen LogP contribution in [0.15, 0.2) is 60.7 Å².